The maximum Gasteiger partial charge on any atom is 0.332 e. The van der Waals surface area contributed by atoms with Crippen molar-refractivity contribution in [2.75, 3.05) is 13.2 Å². The highest BCUT2D eigenvalue weighted by atomic mass is 16.5. The van der Waals surface area contributed by atoms with E-state index in [4.69, 9.17) is 4.74 Å². The van der Waals surface area contributed by atoms with Crippen LogP contribution in [0, 0.1) is 0 Å². The van der Waals surface area contributed by atoms with Crippen molar-refractivity contribution in [3.05, 3.63) is 0 Å². The first kappa shape index (κ1) is 12.4. The highest BCUT2D eigenvalue weighted by Crippen LogP contribution is 2.38. The molecule has 4 nitrogen and oxygen atoms in total. The van der Waals surface area contributed by atoms with E-state index in [2.05, 4.69) is 6.92 Å². The minimum absolute atomic E-state index is 0.130. The van der Waals surface area contributed by atoms with Gasteiger partial charge in [0.2, 0.25) is 5.91 Å². The van der Waals surface area contributed by atoms with Crippen molar-refractivity contribution in [2.45, 2.75) is 57.4 Å². The Labute approximate surface area is 102 Å². The topological polar surface area (TPSA) is 46.6 Å². The largest absolute Gasteiger partial charge is 0.462 e. The van der Waals surface area contributed by atoms with Gasteiger partial charge in [0.25, 0.3) is 0 Å². The zero-order chi connectivity index (χ0) is 12.3. The van der Waals surface area contributed by atoms with Gasteiger partial charge >= 0.3 is 5.97 Å². The van der Waals surface area contributed by atoms with Crippen molar-refractivity contribution in [2.24, 2.45) is 0 Å². The maximum absolute atomic E-state index is 12.2. The van der Waals surface area contributed by atoms with Gasteiger partial charge in [-0.15, -0.1) is 0 Å². The van der Waals surface area contributed by atoms with Crippen molar-refractivity contribution in [3.8, 4) is 0 Å². The second kappa shape index (κ2) is 5.07. The van der Waals surface area contributed by atoms with Crippen LogP contribution in [0.5, 0.6) is 0 Å². The van der Waals surface area contributed by atoms with Gasteiger partial charge in [0, 0.05) is 6.42 Å². The summed E-state index contributed by atoms with van der Waals surface area (Å²) in [5, 5.41) is 0. The highest BCUT2D eigenvalue weighted by Gasteiger charge is 2.51. The second-order valence-corrected chi connectivity index (χ2v) is 5.02. The molecule has 0 N–H and O–H groups in total. The number of unbranched alkanes of at least 4 members (excludes halogenated alkanes) is 1. The van der Waals surface area contributed by atoms with Crippen LogP contribution < -0.4 is 0 Å². The van der Waals surface area contributed by atoms with Crippen molar-refractivity contribution in [3.63, 3.8) is 0 Å². The molecule has 1 aliphatic heterocycles. The number of hydrogen-bond donors (Lipinski definition) is 0. The molecule has 0 radical (unpaired) electrons. The highest BCUT2D eigenvalue weighted by molar-refractivity contribution is 5.89. The average molecular weight is 239 g/mol. The average Bonchev–Trinajstić information content (AvgIpc) is 2.80. The molecular weight excluding hydrogens is 218 g/mol. The molecule has 0 aromatic rings. The normalized spacial score (nSPS) is 22.9. The lowest BCUT2D eigenvalue weighted by molar-refractivity contribution is -0.174. The summed E-state index contributed by atoms with van der Waals surface area (Å²) in [6, 6.07) is 0. The quantitative estimate of drug-likeness (QED) is 0.706. The van der Waals surface area contributed by atoms with E-state index in [9.17, 15) is 9.59 Å². The molecule has 0 unspecified atom stereocenters. The van der Waals surface area contributed by atoms with Gasteiger partial charge in [0.15, 0.2) is 0 Å². The Morgan fingerprint density at radius 1 is 1.41 bits per heavy atom. The summed E-state index contributed by atoms with van der Waals surface area (Å²) in [6.45, 7) is 3.01. The van der Waals surface area contributed by atoms with Gasteiger partial charge in [-0.2, -0.15) is 0 Å². The molecule has 1 saturated heterocycles. The Balaban J connectivity index is 2.12. The van der Waals surface area contributed by atoms with Crippen molar-refractivity contribution in [1.29, 1.82) is 0 Å². The Kier molecular flexibility index (Phi) is 3.69. The number of esters is 1. The fourth-order valence-corrected chi connectivity index (χ4v) is 2.95. The van der Waals surface area contributed by atoms with Crippen LogP contribution in [0.25, 0.3) is 0 Å². The predicted molar refractivity (Wildman–Crippen MR) is 63.4 cm³/mol. The van der Waals surface area contributed by atoms with E-state index >= 15 is 0 Å². The van der Waals surface area contributed by atoms with Crippen LogP contribution in [-0.4, -0.2) is 35.5 Å². The Hall–Kier alpha value is -1.06. The van der Waals surface area contributed by atoms with Crippen LogP contribution in [-0.2, 0) is 14.3 Å². The van der Waals surface area contributed by atoms with E-state index in [0.717, 1.165) is 38.5 Å². The summed E-state index contributed by atoms with van der Waals surface area (Å²) in [7, 11) is 0. The van der Waals surface area contributed by atoms with Gasteiger partial charge in [-0.05, 0) is 19.3 Å². The van der Waals surface area contributed by atoms with Crippen LogP contribution in [0.2, 0.25) is 0 Å². The van der Waals surface area contributed by atoms with Crippen LogP contribution in [0.4, 0.5) is 0 Å². The zero-order valence-electron chi connectivity index (χ0n) is 10.5. The lowest BCUT2D eigenvalue weighted by Crippen LogP contribution is -2.60. The third-order valence-corrected chi connectivity index (χ3v) is 3.92. The van der Waals surface area contributed by atoms with Gasteiger partial charge in [-0.3, -0.25) is 4.79 Å². The smallest absolute Gasteiger partial charge is 0.332 e. The molecule has 1 heterocycles. The monoisotopic (exact) mass is 239 g/mol. The first-order valence-corrected chi connectivity index (χ1v) is 6.68. The van der Waals surface area contributed by atoms with E-state index in [1.807, 2.05) is 4.90 Å². The van der Waals surface area contributed by atoms with E-state index < -0.39 is 5.54 Å². The number of ether oxygens (including phenoxy) is 1. The second-order valence-electron chi connectivity index (χ2n) is 5.02. The van der Waals surface area contributed by atoms with Crippen molar-refractivity contribution >= 4 is 11.9 Å². The molecule has 2 aliphatic rings. The summed E-state index contributed by atoms with van der Waals surface area (Å²) in [6.07, 6.45) is 6.08. The van der Waals surface area contributed by atoms with Crippen molar-refractivity contribution < 1.29 is 14.3 Å². The molecule has 2 rings (SSSR count). The van der Waals surface area contributed by atoms with Crippen LogP contribution in [0.15, 0.2) is 0 Å². The number of carbonyl (C=O) groups is 2. The SMILES string of the molecule is CCCCC(=O)N1CCOC(=O)C12CCCC2. The molecule has 17 heavy (non-hydrogen) atoms. The lowest BCUT2D eigenvalue weighted by Gasteiger charge is -2.42. The molecule has 1 aliphatic carbocycles. The predicted octanol–water partition coefficient (Wildman–Crippen LogP) is 1.87. The zero-order valence-corrected chi connectivity index (χ0v) is 10.5. The summed E-state index contributed by atoms with van der Waals surface area (Å²) in [5.74, 6) is -0.0449. The molecule has 0 atom stereocenters. The van der Waals surface area contributed by atoms with Crippen LogP contribution in [0.3, 0.4) is 0 Å². The standard InChI is InChI=1S/C13H21NO3/c1-2-3-6-11(15)14-9-10-17-12(16)13(14)7-4-5-8-13/h2-10H2,1H3. The maximum atomic E-state index is 12.2. The Morgan fingerprint density at radius 3 is 2.76 bits per heavy atom. The molecule has 1 spiro atoms. The van der Waals surface area contributed by atoms with E-state index in [1.165, 1.54) is 0 Å². The van der Waals surface area contributed by atoms with Gasteiger partial charge in [-0.1, -0.05) is 26.2 Å². The van der Waals surface area contributed by atoms with E-state index in [-0.39, 0.29) is 11.9 Å². The van der Waals surface area contributed by atoms with Gasteiger partial charge in [0.05, 0.1) is 6.54 Å². The fourth-order valence-electron chi connectivity index (χ4n) is 2.95. The van der Waals surface area contributed by atoms with Crippen LogP contribution in [0.1, 0.15) is 51.9 Å². The minimum Gasteiger partial charge on any atom is -0.462 e. The molecule has 1 saturated carbocycles. The molecule has 0 aromatic heterocycles. The first-order chi connectivity index (χ1) is 8.20. The summed E-state index contributed by atoms with van der Waals surface area (Å²) in [4.78, 5) is 26.0. The molecule has 1 amide bonds. The van der Waals surface area contributed by atoms with E-state index in [0.29, 0.717) is 19.6 Å². The number of rotatable bonds is 3. The number of morpholine rings is 1. The van der Waals surface area contributed by atoms with E-state index in [1.54, 1.807) is 0 Å². The molecular formula is C13H21NO3. The molecule has 96 valence electrons. The third kappa shape index (κ3) is 2.17. The molecule has 2 fully saturated rings. The van der Waals surface area contributed by atoms with Crippen molar-refractivity contribution in [1.82, 2.24) is 4.90 Å². The number of cyclic esters (lactones) is 1. The summed E-state index contributed by atoms with van der Waals surface area (Å²) in [5.41, 5.74) is -0.608. The molecule has 0 aromatic carbocycles. The van der Waals surface area contributed by atoms with Gasteiger partial charge in [-0.25, -0.2) is 4.79 Å². The molecule has 0 bridgehead atoms. The Morgan fingerprint density at radius 2 is 2.12 bits per heavy atom. The molecule has 4 heteroatoms. The minimum atomic E-state index is -0.608. The van der Waals surface area contributed by atoms with Gasteiger partial charge < -0.3 is 9.64 Å². The van der Waals surface area contributed by atoms with Crippen LogP contribution >= 0.6 is 0 Å². The fraction of sp³-hybridized carbons (Fsp3) is 0.846. The first-order valence-electron chi connectivity index (χ1n) is 6.68. The Bertz CT molecular complexity index is 308. The number of nitrogens with zero attached hydrogens (tertiary/aromatic N) is 1. The summed E-state index contributed by atoms with van der Waals surface area (Å²) < 4.78 is 5.17. The lowest BCUT2D eigenvalue weighted by atomic mass is 9.93. The summed E-state index contributed by atoms with van der Waals surface area (Å²) >= 11 is 0. The number of hydrogen-bond acceptors (Lipinski definition) is 3. The number of amides is 1. The number of carbonyl (C=O) groups excluding carboxylic acids is 2. The third-order valence-electron chi connectivity index (χ3n) is 3.92. The van der Waals surface area contributed by atoms with Gasteiger partial charge in [0.1, 0.15) is 12.1 Å².